The van der Waals surface area contributed by atoms with Gasteiger partial charge in [-0.15, -0.1) is 0 Å². The summed E-state index contributed by atoms with van der Waals surface area (Å²) in [6.07, 6.45) is 7.35. The number of hydrogen-bond donors (Lipinski definition) is 1. The summed E-state index contributed by atoms with van der Waals surface area (Å²) in [5.74, 6) is 0.486. The highest BCUT2D eigenvalue weighted by atomic mass is 32.2. The molecule has 1 aliphatic heterocycles. The summed E-state index contributed by atoms with van der Waals surface area (Å²) < 4.78 is 29.4. The Balaban J connectivity index is 1.31. The van der Waals surface area contributed by atoms with Crippen LogP contribution in [-0.2, 0) is 10.0 Å². The molecule has 33 heavy (non-hydrogen) atoms. The topological polar surface area (TPSA) is 97.2 Å². The fraction of sp³-hybridized carbons (Fsp3) is 0.458. The highest BCUT2D eigenvalue weighted by Gasteiger charge is 2.30. The molecule has 3 aromatic rings. The largest absolute Gasteiger partial charge is 0.351 e. The Morgan fingerprint density at radius 2 is 1.79 bits per heavy atom. The maximum atomic E-state index is 13.0. The number of sulfonamides is 1. The van der Waals surface area contributed by atoms with Crippen LogP contribution < -0.4 is 10.9 Å². The second kappa shape index (κ2) is 8.87. The first-order chi connectivity index (χ1) is 15.9. The predicted octanol–water partition coefficient (Wildman–Crippen LogP) is 3.48. The Morgan fingerprint density at radius 1 is 1.03 bits per heavy atom. The van der Waals surface area contributed by atoms with E-state index in [0.717, 1.165) is 36.6 Å². The molecule has 1 aromatic carbocycles. The van der Waals surface area contributed by atoms with Gasteiger partial charge in [0.1, 0.15) is 5.65 Å². The summed E-state index contributed by atoms with van der Waals surface area (Å²) in [5.41, 5.74) is 1.58. The number of piperidine rings is 1. The highest BCUT2D eigenvalue weighted by Crippen LogP contribution is 2.30. The Labute approximate surface area is 193 Å². The van der Waals surface area contributed by atoms with Crippen LogP contribution in [0.5, 0.6) is 0 Å². The lowest BCUT2D eigenvalue weighted by molar-refractivity contribution is 0.329. The molecule has 5 rings (SSSR count). The molecule has 1 N–H and O–H groups in total. The summed E-state index contributed by atoms with van der Waals surface area (Å²) in [6.45, 7) is 2.77. The zero-order valence-corrected chi connectivity index (χ0v) is 19.6. The van der Waals surface area contributed by atoms with Gasteiger partial charge >= 0.3 is 0 Å². The van der Waals surface area contributed by atoms with Crippen molar-refractivity contribution in [3.8, 4) is 0 Å². The molecule has 9 heteroatoms. The number of anilines is 1. The third-order valence-corrected chi connectivity index (χ3v) is 8.67. The number of aromatic nitrogens is 3. The van der Waals surface area contributed by atoms with Crippen LogP contribution in [0.3, 0.4) is 0 Å². The summed E-state index contributed by atoms with van der Waals surface area (Å²) in [7, 11) is -3.49. The van der Waals surface area contributed by atoms with Crippen LogP contribution in [0.1, 0.15) is 50.1 Å². The zero-order valence-electron chi connectivity index (χ0n) is 18.8. The van der Waals surface area contributed by atoms with Crippen LogP contribution >= 0.6 is 0 Å². The maximum absolute atomic E-state index is 13.0. The number of fused-ring (bicyclic) bond motifs is 1. The van der Waals surface area contributed by atoms with E-state index in [1.807, 2.05) is 17.6 Å². The second-order valence-corrected chi connectivity index (χ2v) is 11.0. The van der Waals surface area contributed by atoms with E-state index in [9.17, 15) is 13.2 Å². The van der Waals surface area contributed by atoms with Crippen molar-refractivity contribution in [3.63, 3.8) is 0 Å². The molecule has 0 amide bonds. The van der Waals surface area contributed by atoms with E-state index < -0.39 is 10.0 Å². The molecular weight excluding hydrogens is 438 g/mol. The van der Waals surface area contributed by atoms with Crippen LogP contribution in [0.25, 0.3) is 11.0 Å². The Bertz CT molecular complexity index is 1320. The van der Waals surface area contributed by atoms with Crippen molar-refractivity contribution >= 4 is 27.0 Å². The van der Waals surface area contributed by atoms with Crippen molar-refractivity contribution in [3.05, 3.63) is 58.5 Å². The molecule has 3 heterocycles. The minimum absolute atomic E-state index is 0.0197. The average Bonchev–Trinajstić information content (AvgIpc) is 3.34. The number of pyridine rings is 1. The van der Waals surface area contributed by atoms with Crippen molar-refractivity contribution in [2.45, 2.75) is 62.4 Å². The van der Waals surface area contributed by atoms with Gasteiger partial charge in [0.25, 0.3) is 5.56 Å². The van der Waals surface area contributed by atoms with E-state index in [1.165, 1.54) is 0 Å². The van der Waals surface area contributed by atoms with E-state index in [1.54, 1.807) is 40.8 Å². The van der Waals surface area contributed by atoms with Crippen molar-refractivity contribution in [2.24, 2.45) is 0 Å². The van der Waals surface area contributed by atoms with E-state index in [4.69, 9.17) is 4.98 Å². The number of nitrogens with one attached hydrogen (secondary N) is 1. The van der Waals surface area contributed by atoms with Crippen LogP contribution in [0.2, 0.25) is 0 Å². The molecule has 8 nitrogen and oxygen atoms in total. The number of hydrogen-bond acceptors (Lipinski definition) is 6. The molecule has 0 unspecified atom stereocenters. The minimum Gasteiger partial charge on any atom is -0.351 e. The molecule has 0 atom stereocenters. The number of nitrogens with zero attached hydrogens (tertiary/aromatic N) is 4. The third-order valence-electron chi connectivity index (χ3n) is 6.77. The maximum Gasteiger partial charge on any atom is 0.252 e. The zero-order chi connectivity index (χ0) is 23.0. The molecule has 1 saturated carbocycles. The molecule has 174 valence electrons. The first kappa shape index (κ1) is 22.0. The average molecular weight is 468 g/mol. The monoisotopic (exact) mass is 467 g/mol. The number of benzene rings is 1. The molecule has 2 fully saturated rings. The van der Waals surface area contributed by atoms with Gasteiger partial charge in [0.05, 0.1) is 4.90 Å². The quantitative estimate of drug-likeness (QED) is 0.617. The molecule has 1 saturated heterocycles. The van der Waals surface area contributed by atoms with E-state index in [-0.39, 0.29) is 17.6 Å². The summed E-state index contributed by atoms with van der Waals surface area (Å²) in [5, 5.41) is 4.22. The number of rotatable bonds is 5. The van der Waals surface area contributed by atoms with E-state index in [0.29, 0.717) is 42.4 Å². The second-order valence-electron chi connectivity index (χ2n) is 9.09. The van der Waals surface area contributed by atoms with Crippen molar-refractivity contribution in [1.82, 2.24) is 18.8 Å². The van der Waals surface area contributed by atoms with Gasteiger partial charge < -0.3 is 5.32 Å². The SMILES string of the molecule is Cc1cccc(S(=O)(=O)N2CCC(Nc3ncc4ccc(=O)n(C5CCCC5)c4n3)CC2)c1. The van der Waals surface area contributed by atoms with Crippen molar-refractivity contribution in [1.29, 1.82) is 0 Å². The molecule has 0 radical (unpaired) electrons. The van der Waals surface area contributed by atoms with Gasteiger partial charge in [0.2, 0.25) is 16.0 Å². The van der Waals surface area contributed by atoms with Gasteiger partial charge in [-0.1, -0.05) is 25.0 Å². The summed E-state index contributed by atoms with van der Waals surface area (Å²) in [4.78, 5) is 22.1. The first-order valence-electron chi connectivity index (χ1n) is 11.6. The summed E-state index contributed by atoms with van der Waals surface area (Å²) in [6, 6.07) is 10.7. The molecule has 2 aliphatic rings. The number of aryl methyl sites for hydroxylation is 1. The molecular formula is C24H29N5O3S. The smallest absolute Gasteiger partial charge is 0.252 e. The fourth-order valence-corrected chi connectivity index (χ4v) is 6.55. The van der Waals surface area contributed by atoms with Gasteiger partial charge in [-0.05, 0) is 56.4 Å². The van der Waals surface area contributed by atoms with Gasteiger partial charge in [-0.25, -0.2) is 13.4 Å². The molecule has 1 aliphatic carbocycles. The molecule has 2 aromatic heterocycles. The van der Waals surface area contributed by atoms with Crippen molar-refractivity contribution in [2.75, 3.05) is 18.4 Å². The first-order valence-corrected chi connectivity index (χ1v) is 13.1. The van der Waals surface area contributed by atoms with Crippen LogP contribution in [-0.4, -0.2) is 46.4 Å². The lowest BCUT2D eigenvalue weighted by Crippen LogP contribution is -2.42. The van der Waals surface area contributed by atoms with E-state index >= 15 is 0 Å². The van der Waals surface area contributed by atoms with Gasteiger partial charge in [-0.3, -0.25) is 9.36 Å². The van der Waals surface area contributed by atoms with Crippen LogP contribution in [0.15, 0.2) is 52.3 Å². The minimum atomic E-state index is -3.49. The Kier molecular flexibility index (Phi) is 5.92. The summed E-state index contributed by atoms with van der Waals surface area (Å²) >= 11 is 0. The molecule has 0 spiro atoms. The van der Waals surface area contributed by atoms with E-state index in [2.05, 4.69) is 10.3 Å². The van der Waals surface area contributed by atoms with Crippen LogP contribution in [0, 0.1) is 6.92 Å². The van der Waals surface area contributed by atoms with Gasteiger partial charge in [-0.2, -0.15) is 9.29 Å². The Hall–Kier alpha value is -2.78. The van der Waals surface area contributed by atoms with Crippen LogP contribution in [0.4, 0.5) is 5.95 Å². The Morgan fingerprint density at radius 3 is 2.52 bits per heavy atom. The standard InChI is InChI=1S/C24H29N5O3S/c1-17-5-4-8-21(15-17)33(31,32)28-13-11-19(12-14-28)26-24-25-16-18-9-10-22(30)29(23(18)27-24)20-6-2-3-7-20/h4-5,8-10,15-16,19-20H,2-3,6-7,11-14H2,1H3,(H,25,26,27). The van der Waals surface area contributed by atoms with Gasteiger partial charge in [0.15, 0.2) is 0 Å². The van der Waals surface area contributed by atoms with Gasteiger partial charge in [0, 0.05) is 42.8 Å². The highest BCUT2D eigenvalue weighted by molar-refractivity contribution is 7.89. The lowest BCUT2D eigenvalue weighted by Gasteiger charge is -2.31. The lowest BCUT2D eigenvalue weighted by atomic mass is 10.1. The predicted molar refractivity (Wildman–Crippen MR) is 128 cm³/mol. The molecule has 0 bridgehead atoms. The normalized spacial score (nSPS) is 18.7. The fourth-order valence-electron chi connectivity index (χ4n) is 4.97. The third kappa shape index (κ3) is 4.39. The van der Waals surface area contributed by atoms with Crippen molar-refractivity contribution < 1.29 is 8.42 Å².